The Bertz CT molecular complexity index is 1000. The number of hydrogen-bond acceptors (Lipinski definition) is 5. The first-order chi connectivity index (χ1) is 15.9. The summed E-state index contributed by atoms with van der Waals surface area (Å²) in [7, 11) is 0. The van der Waals surface area contributed by atoms with Crippen LogP contribution in [0.4, 0.5) is 4.79 Å². The number of carbonyl (C=O) groups excluding carboxylic acids is 2. The van der Waals surface area contributed by atoms with Crippen molar-refractivity contribution >= 4 is 18.0 Å². The van der Waals surface area contributed by atoms with E-state index in [9.17, 15) is 14.4 Å². The van der Waals surface area contributed by atoms with E-state index in [4.69, 9.17) is 14.6 Å². The summed E-state index contributed by atoms with van der Waals surface area (Å²) < 4.78 is 11.0. The lowest BCUT2D eigenvalue weighted by molar-refractivity contribution is -0.141. The zero-order valence-corrected chi connectivity index (χ0v) is 18.5. The van der Waals surface area contributed by atoms with Crippen LogP contribution in [0.5, 0.6) is 0 Å². The molecule has 0 aromatic heterocycles. The van der Waals surface area contributed by atoms with E-state index in [2.05, 4.69) is 22.8 Å². The molecule has 0 radical (unpaired) electrons. The van der Waals surface area contributed by atoms with Crippen molar-refractivity contribution < 1.29 is 29.0 Å². The van der Waals surface area contributed by atoms with Crippen LogP contribution >= 0.6 is 0 Å². The maximum atomic E-state index is 12.8. The summed E-state index contributed by atoms with van der Waals surface area (Å²) in [5, 5.41) is 14.4. The summed E-state index contributed by atoms with van der Waals surface area (Å²) in [5.41, 5.74) is 3.26. The van der Waals surface area contributed by atoms with Gasteiger partial charge in [0.05, 0.1) is 12.5 Å². The Balaban J connectivity index is 1.38. The summed E-state index contributed by atoms with van der Waals surface area (Å²) in [6, 6.07) is 16.1. The second kappa shape index (κ2) is 9.62. The van der Waals surface area contributed by atoms with E-state index in [0.717, 1.165) is 22.3 Å². The number of alkyl carbamates (subject to hydrolysis) is 1. The fourth-order valence-corrected chi connectivity index (χ4v) is 4.42. The molecule has 2 amide bonds. The quantitative estimate of drug-likeness (QED) is 0.568. The summed E-state index contributed by atoms with van der Waals surface area (Å²) in [5.74, 6) is -1.97. The SMILES string of the molecule is CC(CCNC(=O)C1(NC(=O)OCC2c3ccccc3-c3ccccc32)CCOC1)C(=O)O. The summed E-state index contributed by atoms with van der Waals surface area (Å²) >= 11 is 0. The van der Waals surface area contributed by atoms with Crippen molar-refractivity contribution in [2.24, 2.45) is 5.92 Å². The van der Waals surface area contributed by atoms with Gasteiger partial charge in [-0.05, 0) is 28.7 Å². The first-order valence-corrected chi connectivity index (χ1v) is 11.1. The molecule has 0 saturated carbocycles. The molecule has 33 heavy (non-hydrogen) atoms. The van der Waals surface area contributed by atoms with Crippen LogP contribution in [0.1, 0.15) is 36.8 Å². The molecular formula is C25H28N2O6. The molecule has 1 aliphatic carbocycles. The van der Waals surface area contributed by atoms with Gasteiger partial charge in [-0.3, -0.25) is 9.59 Å². The second-order valence-corrected chi connectivity index (χ2v) is 8.62. The molecule has 8 heteroatoms. The minimum atomic E-state index is -1.23. The van der Waals surface area contributed by atoms with Crippen molar-refractivity contribution in [2.75, 3.05) is 26.4 Å². The Hall–Kier alpha value is -3.39. The van der Waals surface area contributed by atoms with Crippen LogP contribution in [0.25, 0.3) is 11.1 Å². The van der Waals surface area contributed by atoms with Crippen molar-refractivity contribution in [1.29, 1.82) is 0 Å². The van der Waals surface area contributed by atoms with Gasteiger partial charge in [0, 0.05) is 25.5 Å². The minimum absolute atomic E-state index is 0.0392. The van der Waals surface area contributed by atoms with Crippen LogP contribution in [0.3, 0.4) is 0 Å². The third-order valence-corrected chi connectivity index (χ3v) is 6.43. The molecule has 1 fully saturated rings. The Morgan fingerprint density at radius 1 is 1.12 bits per heavy atom. The van der Waals surface area contributed by atoms with Gasteiger partial charge in [0.25, 0.3) is 0 Å². The average molecular weight is 453 g/mol. The second-order valence-electron chi connectivity index (χ2n) is 8.62. The van der Waals surface area contributed by atoms with Crippen molar-refractivity contribution in [2.45, 2.75) is 31.2 Å². The van der Waals surface area contributed by atoms with Crippen molar-refractivity contribution in [3.8, 4) is 11.1 Å². The molecule has 3 N–H and O–H groups in total. The molecule has 2 atom stereocenters. The topological polar surface area (TPSA) is 114 Å². The van der Waals surface area contributed by atoms with Gasteiger partial charge in [-0.1, -0.05) is 55.5 Å². The van der Waals surface area contributed by atoms with Crippen LogP contribution < -0.4 is 10.6 Å². The molecular weight excluding hydrogens is 424 g/mol. The molecule has 2 aliphatic rings. The molecule has 1 aliphatic heterocycles. The maximum absolute atomic E-state index is 12.8. The smallest absolute Gasteiger partial charge is 0.408 e. The van der Waals surface area contributed by atoms with Gasteiger partial charge in [0.2, 0.25) is 5.91 Å². The van der Waals surface area contributed by atoms with Gasteiger partial charge >= 0.3 is 12.1 Å². The number of carboxylic acids is 1. The van der Waals surface area contributed by atoms with Crippen molar-refractivity contribution in [3.63, 3.8) is 0 Å². The van der Waals surface area contributed by atoms with Crippen molar-refractivity contribution in [1.82, 2.24) is 10.6 Å². The van der Waals surface area contributed by atoms with Gasteiger partial charge < -0.3 is 25.2 Å². The van der Waals surface area contributed by atoms with E-state index in [1.54, 1.807) is 6.92 Å². The van der Waals surface area contributed by atoms with E-state index in [1.165, 1.54) is 0 Å². The van der Waals surface area contributed by atoms with E-state index < -0.39 is 29.4 Å². The van der Waals surface area contributed by atoms with E-state index >= 15 is 0 Å². The van der Waals surface area contributed by atoms with E-state index in [-0.39, 0.29) is 25.7 Å². The molecule has 2 unspecified atom stereocenters. The zero-order valence-electron chi connectivity index (χ0n) is 18.5. The fraction of sp³-hybridized carbons (Fsp3) is 0.400. The van der Waals surface area contributed by atoms with E-state index in [1.807, 2.05) is 36.4 Å². The molecule has 2 aromatic rings. The molecule has 2 aromatic carbocycles. The van der Waals surface area contributed by atoms with Gasteiger partial charge in [0.15, 0.2) is 0 Å². The first-order valence-electron chi connectivity index (χ1n) is 11.1. The molecule has 0 spiro atoms. The van der Waals surface area contributed by atoms with E-state index in [0.29, 0.717) is 19.4 Å². The number of carboxylic acid groups (broad SMARTS) is 1. The fourth-order valence-electron chi connectivity index (χ4n) is 4.42. The number of nitrogens with one attached hydrogen (secondary N) is 2. The molecule has 4 rings (SSSR count). The number of ether oxygens (including phenoxy) is 2. The van der Waals surface area contributed by atoms with Crippen LogP contribution in [0.15, 0.2) is 48.5 Å². The predicted octanol–water partition coefficient (Wildman–Crippen LogP) is 2.91. The summed E-state index contributed by atoms with van der Waals surface area (Å²) in [6.07, 6.45) is -0.0723. The Morgan fingerprint density at radius 2 is 1.76 bits per heavy atom. The van der Waals surface area contributed by atoms with Gasteiger partial charge in [-0.15, -0.1) is 0 Å². The Kier molecular flexibility index (Phi) is 6.65. The standard InChI is InChI=1S/C25H28N2O6/c1-16(22(28)29)10-12-26-23(30)25(11-13-32-15-25)27-24(31)33-14-21-19-8-4-2-6-17(19)18-7-3-5-9-20(18)21/h2-9,16,21H,10-15H2,1H3,(H,26,30)(H,27,31)(H,28,29). The highest BCUT2D eigenvalue weighted by Gasteiger charge is 2.44. The summed E-state index contributed by atoms with van der Waals surface area (Å²) in [4.78, 5) is 36.5. The van der Waals surface area contributed by atoms with Crippen LogP contribution in [-0.2, 0) is 19.1 Å². The lowest BCUT2D eigenvalue weighted by atomic mass is 9.97. The average Bonchev–Trinajstić information content (AvgIpc) is 3.41. The number of hydrogen-bond donors (Lipinski definition) is 3. The normalized spacial score (nSPS) is 19.9. The molecule has 1 heterocycles. The van der Waals surface area contributed by atoms with Crippen LogP contribution in [-0.4, -0.2) is 55.0 Å². The number of benzene rings is 2. The monoisotopic (exact) mass is 452 g/mol. The first kappa shape index (κ1) is 22.8. The summed E-state index contributed by atoms with van der Waals surface area (Å²) in [6.45, 7) is 2.30. The highest BCUT2D eigenvalue weighted by molar-refractivity contribution is 5.90. The maximum Gasteiger partial charge on any atom is 0.408 e. The molecule has 0 bridgehead atoms. The molecule has 8 nitrogen and oxygen atoms in total. The van der Waals surface area contributed by atoms with Crippen LogP contribution in [0, 0.1) is 5.92 Å². The van der Waals surface area contributed by atoms with Crippen molar-refractivity contribution in [3.05, 3.63) is 59.7 Å². The highest BCUT2D eigenvalue weighted by Crippen LogP contribution is 2.44. The number of aliphatic carboxylic acids is 1. The highest BCUT2D eigenvalue weighted by atomic mass is 16.6. The van der Waals surface area contributed by atoms with Gasteiger partial charge in [-0.2, -0.15) is 0 Å². The largest absolute Gasteiger partial charge is 0.481 e. The third-order valence-electron chi connectivity index (χ3n) is 6.43. The molecule has 1 saturated heterocycles. The Labute approximate surface area is 192 Å². The number of fused-ring (bicyclic) bond motifs is 3. The zero-order chi connectivity index (χ0) is 23.4. The number of rotatable bonds is 8. The van der Waals surface area contributed by atoms with Gasteiger partial charge in [0.1, 0.15) is 12.1 Å². The third kappa shape index (κ3) is 4.71. The minimum Gasteiger partial charge on any atom is -0.481 e. The number of carbonyl (C=O) groups is 3. The number of amides is 2. The lowest BCUT2D eigenvalue weighted by Gasteiger charge is -2.27. The van der Waals surface area contributed by atoms with Crippen LogP contribution in [0.2, 0.25) is 0 Å². The predicted molar refractivity (Wildman–Crippen MR) is 121 cm³/mol. The molecule has 174 valence electrons. The lowest BCUT2D eigenvalue weighted by Crippen LogP contribution is -2.59. The Morgan fingerprint density at radius 3 is 2.33 bits per heavy atom. The van der Waals surface area contributed by atoms with Gasteiger partial charge in [-0.25, -0.2) is 4.79 Å².